The molecule has 1 saturated heterocycles. The van der Waals surface area contributed by atoms with Gasteiger partial charge in [0, 0.05) is 34.6 Å². The van der Waals surface area contributed by atoms with Crippen LogP contribution in [0.4, 0.5) is 0 Å². The summed E-state index contributed by atoms with van der Waals surface area (Å²) in [5.74, 6) is 0.870. The van der Waals surface area contributed by atoms with Crippen molar-refractivity contribution in [1.82, 2.24) is 19.6 Å². The molecule has 0 radical (unpaired) electrons. The topological polar surface area (TPSA) is 95.2 Å². The second-order valence-electron chi connectivity index (χ2n) is 7.69. The van der Waals surface area contributed by atoms with Gasteiger partial charge in [-0.25, -0.2) is 18.1 Å². The third-order valence-corrected chi connectivity index (χ3v) is 7.16. The van der Waals surface area contributed by atoms with Gasteiger partial charge in [-0.15, -0.1) is 11.3 Å². The smallest absolute Gasteiger partial charge is 0.260 e. The van der Waals surface area contributed by atoms with Gasteiger partial charge in [-0.05, 0) is 31.4 Å². The molecule has 1 aliphatic heterocycles. The van der Waals surface area contributed by atoms with Crippen molar-refractivity contribution in [1.29, 1.82) is 0 Å². The molecule has 4 rings (SSSR count). The number of piperidine rings is 1. The third kappa shape index (κ3) is 4.92. The molecule has 1 fully saturated rings. The van der Waals surface area contributed by atoms with E-state index in [-0.39, 0.29) is 11.5 Å². The van der Waals surface area contributed by atoms with Gasteiger partial charge in [0.1, 0.15) is 10.7 Å². The summed E-state index contributed by atoms with van der Waals surface area (Å²) in [5.41, 5.74) is 1.45. The number of halogens is 1. The monoisotopic (exact) mass is 466 g/mol. The minimum atomic E-state index is -3.19. The van der Waals surface area contributed by atoms with Crippen LogP contribution in [0.15, 0.2) is 34.4 Å². The Kier molecular flexibility index (Phi) is 6.26. The molecule has 2 aromatic heterocycles. The number of aromatic nitrogens is 2. The molecular weight excluding hydrogens is 444 g/mol. The molecule has 2 N–H and O–H groups in total. The van der Waals surface area contributed by atoms with Crippen LogP contribution in [0.25, 0.3) is 21.3 Å². The van der Waals surface area contributed by atoms with Crippen LogP contribution in [-0.4, -0.2) is 49.2 Å². The van der Waals surface area contributed by atoms with Crippen molar-refractivity contribution in [2.24, 2.45) is 5.92 Å². The summed E-state index contributed by atoms with van der Waals surface area (Å²) in [4.78, 5) is 23.4. The van der Waals surface area contributed by atoms with Crippen molar-refractivity contribution in [2.75, 3.05) is 25.9 Å². The number of H-pyrrole nitrogens is 1. The molecule has 7 nitrogen and oxygen atoms in total. The van der Waals surface area contributed by atoms with Crippen molar-refractivity contribution in [3.63, 3.8) is 0 Å². The van der Waals surface area contributed by atoms with Crippen molar-refractivity contribution in [2.45, 2.75) is 19.4 Å². The maximum atomic E-state index is 12.9. The Morgan fingerprint density at radius 2 is 2.13 bits per heavy atom. The Morgan fingerprint density at radius 3 is 2.90 bits per heavy atom. The van der Waals surface area contributed by atoms with Gasteiger partial charge >= 0.3 is 0 Å². The lowest BCUT2D eigenvalue weighted by atomic mass is 9.98. The summed E-state index contributed by atoms with van der Waals surface area (Å²) in [7, 11) is -3.19. The van der Waals surface area contributed by atoms with Crippen molar-refractivity contribution in [3.8, 4) is 11.1 Å². The van der Waals surface area contributed by atoms with Crippen LogP contribution in [0.3, 0.4) is 0 Å². The highest BCUT2D eigenvalue weighted by atomic mass is 35.5. The van der Waals surface area contributed by atoms with Gasteiger partial charge in [0.2, 0.25) is 10.0 Å². The Balaban J connectivity index is 1.53. The van der Waals surface area contributed by atoms with Crippen LogP contribution >= 0.6 is 22.9 Å². The van der Waals surface area contributed by atoms with E-state index in [1.54, 1.807) is 0 Å². The summed E-state index contributed by atoms with van der Waals surface area (Å²) >= 11 is 7.75. The van der Waals surface area contributed by atoms with Crippen molar-refractivity contribution in [3.05, 3.63) is 50.8 Å². The SMILES string of the molecule is CS(=O)(=O)NCC1CCCN(Cc2nc3scc(-c4ccccc4Cl)c3c(=O)[nH]2)C1. The minimum Gasteiger partial charge on any atom is -0.309 e. The zero-order valence-corrected chi connectivity index (χ0v) is 18.9. The predicted octanol–water partition coefficient (Wildman–Crippen LogP) is 3.07. The Labute approximate surface area is 184 Å². The van der Waals surface area contributed by atoms with E-state index < -0.39 is 10.0 Å². The predicted molar refractivity (Wildman–Crippen MR) is 122 cm³/mol. The Bertz CT molecular complexity index is 1220. The molecule has 0 spiro atoms. The zero-order chi connectivity index (χ0) is 21.3. The fourth-order valence-electron chi connectivity index (χ4n) is 3.89. The van der Waals surface area contributed by atoms with Gasteiger partial charge in [-0.1, -0.05) is 29.8 Å². The molecule has 0 aliphatic carbocycles. The van der Waals surface area contributed by atoms with E-state index in [1.807, 2.05) is 29.6 Å². The average molecular weight is 467 g/mol. The number of likely N-dealkylation sites (tertiary alicyclic amines) is 1. The Morgan fingerprint density at radius 1 is 1.33 bits per heavy atom. The van der Waals surface area contributed by atoms with Gasteiger partial charge in [-0.2, -0.15) is 0 Å². The Hall–Kier alpha value is -1.78. The summed E-state index contributed by atoms with van der Waals surface area (Å²) < 4.78 is 25.3. The van der Waals surface area contributed by atoms with E-state index in [0.29, 0.717) is 34.2 Å². The van der Waals surface area contributed by atoms with Crippen LogP contribution in [-0.2, 0) is 16.6 Å². The number of nitrogens with zero attached hydrogens (tertiary/aromatic N) is 2. The van der Waals surface area contributed by atoms with Crippen molar-refractivity contribution >= 4 is 43.2 Å². The first-order valence-corrected chi connectivity index (χ1v) is 12.9. The fraction of sp³-hybridized carbons (Fsp3) is 0.400. The van der Waals surface area contributed by atoms with Crippen molar-refractivity contribution < 1.29 is 8.42 Å². The number of fused-ring (bicyclic) bond motifs is 1. The molecule has 10 heteroatoms. The molecule has 0 saturated carbocycles. The van der Waals surface area contributed by atoms with E-state index in [9.17, 15) is 13.2 Å². The number of thiophene rings is 1. The van der Waals surface area contributed by atoms with E-state index in [4.69, 9.17) is 11.6 Å². The van der Waals surface area contributed by atoms with E-state index >= 15 is 0 Å². The number of aromatic amines is 1. The van der Waals surface area contributed by atoms with Crippen LogP contribution in [0, 0.1) is 5.92 Å². The highest BCUT2D eigenvalue weighted by Gasteiger charge is 2.22. The molecule has 30 heavy (non-hydrogen) atoms. The molecule has 0 amide bonds. The van der Waals surface area contributed by atoms with E-state index in [1.165, 1.54) is 17.6 Å². The quantitative estimate of drug-likeness (QED) is 0.582. The highest BCUT2D eigenvalue weighted by Crippen LogP contribution is 2.34. The molecular formula is C20H23ClN4O3S2. The molecule has 1 aromatic carbocycles. The second kappa shape index (κ2) is 8.76. The molecule has 1 unspecified atom stereocenters. The van der Waals surface area contributed by atoms with Crippen LogP contribution < -0.4 is 10.3 Å². The van der Waals surface area contributed by atoms with Gasteiger partial charge in [0.25, 0.3) is 5.56 Å². The lowest BCUT2D eigenvalue weighted by Crippen LogP contribution is -2.40. The zero-order valence-electron chi connectivity index (χ0n) is 16.5. The number of hydrogen-bond acceptors (Lipinski definition) is 6. The lowest BCUT2D eigenvalue weighted by Gasteiger charge is -2.32. The normalized spacial score (nSPS) is 18.1. The molecule has 3 heterocycles. The number of sulfonamides is 1. The van der Waals surface area contributed by atoms with Crippen LogP contribution in [0.1, 0.15) is 18.7 Å². The number of nitrogens with one attached hydrogen (secondary N) is 2. The molecule has 1 aliphatic rings. The maximum Gasteiger partial charge on any atom is 0.260 e. The molecule has 3 aromatic rings. The van der Waals surface area contributed by atoms with Crippen LogP contribution in [0.5, 0.6) is 0 Å². The first kappa shape index (κ1) is 21.5. The van der Waals surface area contributed by atoms with E-state index in [2.05, 4.69) is 19.6 Å². The summed E-state index contributed by atoms with van der Waals surface area (Å²) in [5, 5.41) is 3.08. The lowest BCUT2D eigenvalue weighted by molar-refractivity contribution is 0.165. The molecule has 0 bridgehead atoms. The second-order valence-corrected chi connectivity index (χ2v) is 10.8. The minimum absolute atomic E-state index is 0.168. The van der Waals surface area contributed by atoms with Gasteiger partial charge in [-0.3, -0.25) is 9.69 Å². The summed E-state index contributed by atoms with van der Waals surface area (Å²) in [6.45, 7) is 2.62. The number of benzene rings is 1. The molecule has 1 atom stereocenters. The first-order valence-electron chi connectivity index (χ1n) is 9.72. The highest BCUT2D eigenvalue weighted by molar-refractivity contribution is 7.88. The number of hydrogen-bond donors (Lipinski definition) is 2. The maximum absolute atomic E-state index is 12.9. The largest absolute Gasteiger partial charge is 0.309 e. The average Bonchev–Trinajstić information content (AvgIpc) is 3.11. The first-order chi connectivity index (χ1) is 14.3. The fourth-order valence-corrected chi connectivity index (χ4v) is 5.62. The van der Waals surface area contributed by atoms with Gasteiger partial charge < -0.3 is 4.98 Å². The summed E-state index contributed by atoms with van der Waals surface area (Å²) in [6, 6.07) is 7.46. The number of rotatable bonds is 6. The standard InChI is InChI=1S/C20H23ClN4O3S2/c1-30(27,28)22-9-13-5-4-8-25(10-13)11-17-23-19(26)18-15(12-29-20(18)24-17)14-6-2-3-7-16(14)21/h2-3,6-7,12-13,22H,4-5,8-11H2,1H3,(H,23,24,26). The van der Waals surface area contributed by atoms with Gasteiger partial charge in [0.05, 0.1) is 18.2 Å². The summed E-state index contributed by atoms with van der Waals surface area (Å²) in [6.07, 6.45) is 3.14. The molecule has 160 valence electrons. The van der Waals surface area contributed by atoms with Gasteiger partial charge in [0.15, 0.2) is 0 Å². The van der Waals surface area contributed by atoms with Crippen LogP contribution in [0.2, 0.25) is 5.02 Å². The third-order valence-electron chi connectivity index (χ3n) is 5.27. The van der Waals surface area contributed by atoms with E-state index in [0.717, 1.165) is 37.1 Å².